The van der Waals surface area contributed by atoms with E-state index in [1.165, 1.54) is 0 Å². The number of methoxy groups -OCH3 is 2. The first kappa shape index (κ1) is 33.3. The molecule has 0 unspecified atom stereocenters. The van der Waals surface area contributed by atoms with Crippen molar-refractivity contribution in [3.63, 3.8) is 0 Å². The molecule has 0 bridgehead atoms. The highest BCUT2D eigenvalue weighted by Crippen LogP contribution is 2.24. The smallest absolute Gasteiger partial charge is 0.338 e. The van der Waals surface area contributed by atoms with Crippen molar-refractivity contribution in [1.29, 1.82) is 0 Å². The zero-order chi connectivity index (χ0) is 32.8. The van der Waals surface area contributed by atoms with E-state index >= 15 is 0 Å². The zero-order valence-electron chi connectivity index (χ0n) is 27.1. The van der Waals surface area contributed by atoms with Gasteiger partial charge < -0.3 is 29.0 Å². The fourth-order valence-corrected chi connectivity index (χ4v) is 4.87. The Kier molecular flexibility index (Phi) is 12.1. The van der Waals surface area contributed by atoms with Crippen LogP contribution in [0.1, 0.15) is 32.6 Å². The lowest BCUT2D eigenvalue weighted by molar-refractivity contribution is 0.0472. The van der Waals surface area contributed by atoms with Gasteiger partial charge in [-0.1, -0.05) is 54.6 Å². The third-order valence-corrected chi connectivity index (χ3v) is 7.45. The minimum absolute atomic E-state index is 0.245. The molecule has 0 spiro atoms. The van der Waals surface area contributed by atoms with Crippen molar-refractivity contribution >= 4 is 5.97 Å². The molecule has 10 heteroatoms. The van der Waals surface area contributed by atoms with Gasteiger partial charge in [0.25, 0.3) is 0 Å². The summed E-state index contributed by atoms with van der Waals surface area (Å²) in [6.45, 7) is 3.61. The van der Waals surface area contributed by atoms with E-state index in [4.69, 9.17) is 23.7 Å². The summed E-state index contributed by atoms with van der Waals surface area (Å²) in [4.78, 5) is 12.1. The van der Waals surface area contributed by atoms with Crippen molar-refractivity contribution in [2.75, 3.05) is 41.1 Å². The molecule has 1 N–H and O–H groups in total. The largest absolute Gasteiger partial charge is 0.497 e. The minimum atomic E-state index is -0.320. The van der Waals surface area contributed by atoms with Crippen LogP contribution in [-0.4, -0.2) is 57.1 Å². The number of hydrogen-bond acceptors (Lipinski definition) is 9. The van der Waals surface area contributed by atoms with Crippen LogP contribution in [0.3, 0.4) is 0 Å². The van der Waals surface area contributed by atoms with E-state index in [9.17, 15) is 4.79 Å². The number of nitrogens with one attached hydrogen (secondary N) is 1. The van der Waals surface area contributed by atoms with Crippen molar-refractivity contribution in [2.24, 2.45) is 0 Å². The number of likely N-dealkylation sites (N-methyl/N-ethyl adjacent to an activating group) is 1. The molecule has 4 aromatic rings. The summed E-state index contributed by atoms with van der Waals surface area (Å²) in [5.41, 5.74) is 10.4. The van der Waals surface area contributed by atoms with E-state index in [2.05, 4.69) is 23.0 Å². The van der Waals surface area contributed by atoms with E-state index in [1.54, 1.807) is 26.4 Å². The number of rotatable bonds is 17. The second-order valence-corrected chi connectivity index (χ2v) is 11.0. The Labute approximate surface area is 276 Å². The Morgan fingerprint density at radius 1 is 0.723 bits per heavy atom. The third kappa shape index (κ3) is 10.2. The molecule has 47 heavy (non-hydrogen) atoms. The molecule has 1 radical (unpaired) electrons. The van der Waals surface area contributed by atoms with E-state index < -0.39 is 0 Å². The molecular formula is C37H41N4O6. The Bertz CT molecular complexity index is 1570. The summed E-state index contributed by atoms with van der Waals surface area (Å²) in [6, 6.07) is 30.9. The zero-order valence-corrected chi connectivity index (χ0v) is 27.1. The summed E-state index contributed by atoms with van der Waals surface area (Å²) in [5, 5.41) is 7.15. The Morgan fingerprint density at radius 3 is 2.02 bits per heavy atom. The monoisotopic (exact) mass is 637 g/mol. The van der Waals surface area contributed by atoms with Crippen LogP contribution >= 0.6 is 0 Å². The van der Waals surface area contributed by atoms with Crippen molar-refractivity contribution < 1.29 is 28.5 Å². The molecule has 245 valence electrons. The summed E-state index contributed by atoms with van der Waals surface area (Å²) in [7, 11) is 5.18. The van der Waals surface area contributed by atoms with Gasteiger partial charge in [0, 0.05) is 32.4 Å². The summed E-state index contributed by atoms with van der Waals surface area (Å²) >= 11 is 0. The molecule has 0 amide bonds. The first-order chi connectivity index (χ1) is 23.0. The van der Waals surface area contributed by atoms with Crippen LogP contribution in [0.5, 0.6) is 17.2 Å². The Morgan fingerprint density at radius 2 is 1.36 bits per heavy atom. The van der Waals surface area contributed by atoms with Crippen LogP contribution in [0.25, 0.3) is 0 Å². The number of benzene rings is 4. The molecule has 4 aromatic carbocycles. The number of ether oxygens (including phenoxy) is 5. The van der Waals surface area contributed by atoms with Crippen molar-refractivity contribution in [3.8, 4) is 17.2 Å². The molecule has 0 aromatic heterocycles. The van der Waals surface area contributed by atoms with Gasteiger partial charge in [-0.25, -0.2) is 4.79 Å². The molecule has 1 aliphatic heterocycles. The lowest BCUT2D eigenvalue weighted by atomic mass is 10.1. The van der Waals surface area contributed by atoms with Crippen LogP contribution in [0.4, 0.5) is 0 Å². The lowest BCUT2D eigenvalue weighted by Crippen LogP contribution is -2.31. The molecule has 0 aliphatic carbocycles. The van der Waals surface area contributed by atoms with Gasteiger partial charge in [-0.05, 0) is 64.2 Å². The number of nitrogens with zero attached hydrogens (tertiary/aromatic N) is 3. The average molecular weight is 638 g/mol. The number of carbonyl (C=O) groups is 1. The van der Waals surface area contributed by atoms with Gasteiger partial charge in [-0.2, -0.15) is 0 Å². The molecule has 0 atom stereocenters. The predicted molar refractivity (Wildman–Crippen MR) is 178 cm³/mol. The van der Waals surface area contributed by atoms with Crippen LogP contribution in [-0.2, 0) is 35.7 Å². The van der Waals surface area contributed by atoms with Crippen molar-refractivity contribution in [2.45, 2.75) is 26.2 Å². The number of carbonyl (C=O) groups excluding carboxylic acids is 1. The van der Waals surface area contributed by atoms with Gasteiger partial charge in [0.05, 0.1) is 45.2 Å². The highest BCUT2D eigenvalue weighted by molar-refractivity contribution is 5.89. The Hall–Kier alpha value is -5.03. The average Bonchev–Trinajstić information content (AvgIpc) is 3.46. The molecule has 0 saturated heterocycles. The SMILES string of the molecule is COc1cc(CN2C=C(COCCOc3ccc(CNCc4ccc(COC(=O)c5ccccc5)cc4)cc3)N(C)[N]2)cc(OC)c1. The standard InChI is InChI=1S/C37H41N4O6/c1-40-33(25-41(39-40)24-31-19-35(43-2)21-36(20-31)44-3)27-45-17-18-46-34-15-13-29(14-16-34)23-38-22-28-9-11-30(12-10-28)26-47-37(42)32-7-5-4-6-8-32/h4-16,19-21,25,38H,17-18,22-24,26-27H2,1-3H3. The van der Waals surface area contributed by atoms with Crippen molar-refractivity contribution in [3.05, 3.63) is 137 Å². The van der Waals surface area contributed by atoms with Crippen molar-refractivity contribution in [1.82, 2.24) is 20.9 Å². The Balaban J connectivity index is 0.958. The van der Waals surface area contributed by atoms with Gasteiger partial charge >= 0.3 is 5.97 Å². The molecule has 1 heterocycles. The maximum Gasteiger partial charge on any atom is 0.338 e. The van der Waals surface area contributed by atoms with Crippen LogP contribution < -0.4 is 25.1 Å². The second kappa shape index (κ2) is 17.0. The highest BCUT2D eigenvalue weighted by Gasteiger charge is 2.20. The molecule has 0 fully saturated rings. The molecule has 0 saturated carbocycles. The van der Waals surface area contributed by atoms with E-state index in [1.807, 2.05) is 96.1 Å². The fourth-order valence-electron chi connectivity index (χ4n) is 4.87. The minimum Gasteiger partial charge on any atom is -0.497 e. The fraction of sp³-hybridized carbons (Fsp3) is 0.270. The van der Waals surface area contributed by atoms with Gasteiger partial charge in [0.1, 0.15) is 30.5 Å². The first-order valence-corrected chi connectivity index (χ1v) is 15.4. The maximum atomic E-state index is 12.1. The van der Waals surface area contributed by atoms with Crippen LogP contribution in [0.2, 0.25) is 0 Å². The highest BCUT2D eigenvalue weighted by atomic mass is 16.5. The topological polar surface area (TPSA) is 95.8 Å². The van der Waals surface area contributed by atoms with E-state index in [-0.39, 0.29) is 12.6 Å². The van der Waals surface area contributed by atoms with Crippen LogP contribution in [0, 0.1) is 0 Å². The third-order valence-electron chi connectivity index (χ3n) is 7.45. The van der Waals surface area contributed by atoms with E-state index in [0.717, 1.165) is 58.3 Å². The predicted octanol–water partition coefficient (Wildman–Crippen LogP) is 5.47. The molecular weight excluding hydrogens is 596 g/mol. The summed E-state index contributed by atoms with van der Waals surface area (Å²) in [5.74, 6) is 1.96. The van der Waals surface area contributed by atoms with E-state index in [0.29, 0.717) is 31.9 Å². The van der Waals surface area contributed by atoms with Crippen LogP contribution in [0.15, 0.2) is 109 Å². The lowest BCUT2D eigenvalue weighted by Gasteiger charge is -2.18. The van der Waals surface area contributed by atoms with Gasteiger partial charge in [0.15, 0.2) is 0 Å². The number of hydrogen-bond donors (Lipinski definition) is 1. The number of esters is 1. The molecule has 1 aliphatic rings. The molecule has 10 nitrogen and oxygen atoms in total. The quantitative estimate of drug-likeness (QED) is 0.119. The normalized spacial score (nSPS) is 12.5. The summed E-state index contributed by atoms with van der Waals surface area (Å²) < 4.78 is 27.9. The first-order valence-electron chi connectivity index (χ1n) is 15.4. The van der Waals surface area contributed by atoms with Gasteiger partial charge in [-0.3, -0.25) is 10.0 Å². The maximum absolute atomic E-state index is 12.1. The summed E-state index contributed by atoms with van der Waals surface area (Å²) in [6.07, 6.45) is 1.97. The van der Waals surface area contributed by atoms with Gasteiger partial charge in [0.2, 0.25) is 0 Å². The second-order valence-electron chi connectivity index (χ2n) is 11.0. The molecule has 5 rings (SSSR count). The van der Waals surface area contributed by atoms with Gasteiger partial charge in [-0.15, -0.1) is 0 Å².